The Labute approximate surface area is 96.6 Å². The van der Waals surface area contributed by atoms with Gasteiger partial charge in [0.15, 0.2) is 0 Å². The normalized spacial score (nSPS) is 20.6. The molecule has 0 radical (unpaired) electrons. The summed E-state index contributed by atoms with van der Waals surface area (Å²) in [6.45, 7) is 13.7. The van der Waals surface area contributed by atoms with Crippen LogP contribution in [0.3, 0.4) is 0 Å². The quantitative estimate of drug-likeness (QED) is 0.710. The lowest BCUT2D eigenvalue weighted by Gasteiger charge is -2.36. The number of likely N-dealkylation sites (N-methyl/N-ethyl adjacent to an activating group) is 1. The molecule has 0 saturated carbocycles. The van der Waals surface area contributed by atoms with E-state index in [0.29, 0.717) is 0 Å². The fourth-order valence-corrected chi connectivity index (χ4v) is 1.94. The van der Waals surface area contributed by atoms with Crippen LogP contribution in [0.4, 0.5) is 0 Å². The van der Waals surface area contributed by atoms with Crippen molar-refractivity contribution in [3.05, 3.63) is 0 Å². The van der Waals surface area contributed by atoms with Gasteiger partial charge >= 0.3 is 0 Å². The van der Waals surface area contributed by atoms with Crippen LogP contribution >= 0.6 is 0 Å². The molecule has 1 aliphatic rings. The van der Waals surface area contributed by atoms with Gasteiger partial charge in [0.1, 0.15) is 0 Å². The van der Waals surface area contributed by atoms with Crippen molar-refractivity contribution in [3.8, 4) is 0 Å². The molecule has 1 heterocycles. The summed E-state index contributed by atoms with van der Waals surface area (Å²) in [6, 6.07) is 0.800. The number of rotatable bonds is 4. The first-order chi connectivity index (χ1) is 7.24. The maximum atomic E-state index is 2.63. The molecule has 15 heavy (non-hydrogen) atoms. The summed E-state index contributed by atoms with van der Waals surface area (Å²) in [5, 5.41) is 0. The van der Waals surface area contributed by atoms with Gasteiger partial charge in [0.25, 0.3) is 0 Å². The maximum absolute atomic E-state index is 2.63. The van der Waals surface area contributed by atoms with E-state index in [9.17, 15) is 0 Å². The summed E-state index contributed by atoms with van der Waals surface area (Å²) in [6.07, 6.45) is 4.09. The average molecular weight is 214 g/mol. The Hall–Kier alpha value is -0.0800. The zero-order valence-electron chi connectivity index (χ0n) is 11.4. The van der Waals surface area contributed by atoms with Crippen LogP contribution < -0.4 is 0 Å². The first-order valence-corrected chi connectivity index (χ1v) is 6.66. The van der Waals surface area contributed by atoms with Crippen LogP contribution in [0, 0.1) is 0 Å². The predicted octanol–water partition coefficient (Wildman–Crippen LogP) is 2.84. The first kappa shape index (κ1) is 14.9. The number of hydrogen-bond acceptors (Lipinski definition) is 2. The highest BCUT2D eigenvalue weighted by Crippen LogP contribution is 2.10. The Bertz CT molecular complexity index is 128. The molecule has 92 valence electrons. The molecule has 1 rings (SSSR count). The number of piperazine rings is 1. The fourth-order valence-electron chi connectivity index (χ4n) is 1.94. The number of unbranched alkanes of at least 4 members (excludes halogenated alkanes) is 1. The fraction of sp³-hybridized carbons (Fsp3) is 1.00. The molecule has 2 nitrogen and oxygen atoms in total. The lowest BCUT2D eigenvalue weighted by molar-refractivity contribution is 0.113. The van der Waals surface area contributed by atoms with E-state index >= 15 is 0 Å². The predicted molar refractivity (Wildman–Crippen MR) is 69.4 cm³/mol. The molecule has 0 aromatic carbocycles. The first-order valence-electron chi connectivity index (χ1n) is 6.66. The summed E-state index contributed by atoms with van der Waals surface area (Å²) < 4.78 is 0. The Morgan fingerprint density at radius 2 is 1.60 bits per heavy atom. The topological polar surface area (TPSA) is 6.48 Å². The minimum atomic E-state index is 0.800. The second-order valence-electron chi connectivity index (χ2n) is 4.33. The van der Waals surface area contributed by atoms with Gasteiger partial charge in [0.2, 0.25) is 0 Å². The van der Waals surface area contributed by atoms with Crippen LogP contribution in [-0.4, -0.2) is 49.1 Å². The zero-order chi connectivity index (χ0) is 11.7. The van der Waals surface area contributed by atoms with Crippen LogP contribution in [-0.2, 0) is 0 Å². The Kier molecular flexibility index (Phi) is 9.12. The second-order valence-corrected chi connectivity index (χ2v) is 4.33. The van der Waals surface area contributed by atoms with E-state index in [-0.39, 0.29) is 0 Å². The van der Waals surface area contributed by atoms with Crippen molar-refractivity contribution in [1.29, 1.82) is 0 Å². The molecule has 0 N–H and O–H groups in total. The average Bonchev–Trinajstić information content (AvgIpc) is 2.29. The monoisotopic (exact) mass is 214 g/mol. The lowest BCUT2D eigenvalue weighted by Crippen LogP contribution is -2.48. The highest BCUT2D eigenvalue weighted by Gasteiger charge is 2.17. The second kappa shape index (κ2) is 9.17. The molecule has 1 unspecified atom stereocenters. The highest BCUT2D eigenvalue weighted by molar-refractivity contribution is 4.74. The van der Waals surface area contributed by atoms with Gasteiger partial charge in [-0.25, -0.2) is 0 Å². The van der Waals surface area contributed by atoms with E-state index < -0.39 is 0 Å². The summed E-state index contributed by atoms with van der Waals surface area (Å²) in [5.74, 6) is 0. The molecule has 0 spiro atoms. The Balaban J connectivity index is 0.000000921. The molecule has 0 amide bonds. The molecule has 1 atom stereocenters. The molecule has 0 bridgehead atoms. The van der Waals surface area contributed by atoms with Crippen molar-refractivity contribution in [2.75, 3.05) is 33.2 Å². The minimum Gasteiger partial charge on any atom is -0.304 e. The van der Waals surface area contributed by atoms with E-state index in [2.05, 4.69) is 30.7 Å². The number of nitrogens with zero attached hydrogens (tertiary/aromatic N) is 2. The van der Waals surface area contributed by atoms with E-state index in [1.54, 1.807) is 0 Å². The summed E-state index contributed by atoms with van der Waals surface area (Å²) in [4.78, 5) is 5.05. The molecule has 1 aliphatic heterocycles. The van der Waals surface area contributed by atoms with Gasteiger partial charge in [-0.05, 0) is 20.4 Å². The van der Waals surface area contributed by atoms with Crippen molar-refractivity contribution in [1.82, 2.24) is 9.80 Å². The van der Waals surface area contributed by atoms with Crippen LogP contribution in [0.5, 0.6) is 0 Å². The molecular weight excluding hydrogens is 184 g/mol. The van der Waals surface area contributed by atoms with Gasteiger partial charge in [0, 0.05) is 32.2 Å². The Morgan fingerprint density at radius 1 is 1.07 bits per heavy atom. The van der Waals surface area contributed by atoms with Crippen molar-refractivity contribution >= 4 is 0 Å². The molecular formula is C13H30N2. The molecule has 0 aliphatic carbocycles. The molecule has 2 heteroatoms. The smallest absolute Gasteiger partial charge is 0.0113 e. The summed E-state index contributed by atoms with van der Waals surface area (Å²) in [5.41, 5.74) is 0. The van der Waals surface area contributed by atoms with Crippen molar-refractivity contribution < 1.29 is 0 Å². The van der Waals surface area contributed by atoms with Crippen LogP contribution in [0.25, 0.3) is 0 Å². The van der Waals surface area contributed by atoms with Crippen LogP contribution in [0.1, 0.15) is 47.0 Å². The van der Waals surface area contributed by atoms with Crippen molar-refractivity contribution in [2.24, 2.45) is 0 Å². The lowest BCUT2D eigenvalue weighted by atomic mass is 10.1. The van der Waals surface area contributed by atoms with Gasteiger partial charge in [-0.3, -0.25) is 4.90 Å². The molecule has 1 saturated heterocycles. The molecule has 1 fully saturated rings. The van der Waals surface area contributed by atoms with Crippen LogP contribution in [0.15, 0.2) is 0 Å². The largest absolute Gasteiger partial charge is 0.304 e. The van der Waals surface area contributed by atoms with Gasteiger partial charge < -0.3 is 4.90 Å². The van der Waals surface area contributed by atoms with Gasteiger partial charge in [0.05, 0.1) is 0 Å². The molecule has 0 aromatic heterocycles. The van der Waals surface area contributed by atoms with Gasteiger partial charge in [-0.15, -0.1) is 0 Å². The summed E-state index contributed by atoms with van der Waals surface area (Å²) in [7, 11) is 2.22. The molecule has 0 aromatic rings. The van der Waals surface area contributed by atoms with Crippen LogP contribution in [0.2, 0.25) is 0 Å². The zero-order valence-corrected chi connectivity index (χ0v) is 11.4. The third kappa shape index (κ3) is 6.16. The minimum absolute atomic E-state index is 0.800. The standard InChI is InChI=1S/C11H24N2.C2H6/c1-4-5-6-11(2)13-9-7-12(3)8-10-13;1-2/h11H,4-10H2,1-3H3;1-2H3. The maximum Gasteiger partial charge on any atom is 0.0113 e. The van der Waals surface area contributed by atoms with E-state index in [1.807, 2.05) is 13.8 Å². The SMILES string of the molecule is CC.CCCCC(C)N1CCN(C)CC1. The van der Waals surface area contributed by atoms with E-state index in [0.717, 1.165) is 6.04 Å². The van der Waals surface area contributed by atoms with Crippen molar-refractivity contribution in [3.63, 3.8) is 0 Å². The van der Waals surface area contributed by atoms with Gasteiger partial charge in [-0.2, -0.15) is 0 Å². The summed E-state index contributed by atoms with van der Waals surface area (Å²) >= 11 is 0. The van der Waals surface area contributed by atoms with Crippen molar-refractivity contribution in [2.45, 2.75) is 53.0 Å². The van der Waals surface area contributed by atoms with E-state index in [1.165, 1.54) is 45.4 Å². The third-order valence-electron chi connectivity index (χ3n) is 3.14. The third-order valence-corrected chi connectivity index (χ3v) is 3.14. The van der Waals surface area contributed by atoms with Gasteiger partial charge in [-0.1, -0.05) is 33.6 Å². The Morgan fingerprint density at radius 3 is 2.07 bits per heavy atom. The number of hydrogen-bond donors (Lipinski definition) is 0. The highest BCUT2D eigenvalue weighted by atomic mass is 15.3. The van der Waals surface area contributed by atoms with E-state index in [4.69, 9.17) is 0 Å².